The third-order valence-electron chi connectivity index (χ3n) is 4.64. The first-order valence-electron chi connectivity index (χ1n) is 8.18. The number of anilines is 1. The Morgan fingerprint density at radius 3 is 2.73 bits per heavy atom. The minimum Gasteiger partial charge on any atom is -0.444 e. The van der Waals surface area contributed by atoms with Gasteiger partial charge in [0, 0.05) is 30.1 Å². The number of nitrogens with zero attached hydrogens (tertiary/aromatic N) is 2. The number of likely N-dealkylation sites (tertiary alicyclic amines) is 1. The Labute approximate surface area is 157 Å². The molecule has 1 aromatic heterocycles. The fraction of sp³-hybridized carbons (Fsp3) is 0.389. The van der Waals surface area contributed by atoms with Gasteiger partial charge in [0.25, 0.3) is 0 Å². The van der Waals surface area contributed by atoms with E-state index in [0.29, 0.717) is 21.1 Å². The highest BCUT2D eigenvalue weighted by atomic mass is 79.9. The van der Waals surface area contributed by atoms with Gasteiger partial charge in [0.15, 0.2) is 0 Å². The van der Waals surface area contributed by atoms with Crippen LogP contribution >= 0.6 is 15.9 Å². The summed E-state index contributed by atoms with van der Waals surface area (Å²) in [4.78, 5) is 30.7. The summed E-state index contributed by atoms with van der Waals surface area (Å²) in [6, 6.07) is 2.97. The van der Waals surface area contributed by atoms with Gasteiger partial charge in [0.2, 0.25) is 5.91 Å². The summed E-state index contributed by atoms with van der Waals surface area (Å²) in [7, 11) is 0. The van der Waals surface area contributed by atoms with Crippen molar-refractivity contribution in [1.82, 2.24) is 9.88 Å². The molecule has 0 saturated carbocycles. The summed E-state index contributed by atoms with van der Waals surface area (Å²) in [6.45, 7) is 5.82. The van der Waals surface area contributed by atoms with Crippen LogP contribution in [0.5, 0.6) is 0 Å². The van der Waals surface area contributed by atoms with Crippen LogP contribution in [0.4, 0.5) is 14.9 Å². The molecular weight excluding hydrogens is 405 g/mol. The van der Waals surface area contributed by atoms with Crippen molar-refractivity contribution in [2.75, 3.05) is 18.4 Å². The molecule has 0 aliphatic carbocycles. The van der Waals surface area contributed by atoms with Gasteiger partial charge in [-0.1, -0.05) is 0 Å². The fourth-order valence-electron chi connectivity index (χ4n) is 3.52. The lowest BCUT2D eigenvalue weighted by Crippen LogP contribution is -2.64. The van der Waals surface area contributed by atoms with Crippen LogP contribution in [0.2, 0.25) is 0 Å². The van der Waals surface area contributed by atoms with E-state index >= 15 is 0 Å². The molecule has 2 aliphatic rings. The van der Waals surface area contributed by atoms with Crippen molar-refractivity contribution >= 4 is 44.5 Å². The van der Waals surface area contributed by atoms with Crippen molar-refractivity contribution in [3.05, 3.63) is 34.2 Å². The second-order valence-corrected chi connectivity index (χ2v) is 8.56. The average Bonchev–Trinajstić information content (AvgIpc) is 2.77. The van der Waals surface area contributed by atoms with Gasteiger partial charge in [-0.2, -0.15) is 0 Å². The van der Waals surface area contributed by atoms with E-state index in [4.69, 9.17) is 4.74 Å². The van der Waals surface area contributed by atoms with E-state index in [1.807, 2.05) is 0 Å². The molecule has 136 valence electrons. The van der Waals surface area contributed by atoms with E-state index in [2.05, 4.69) is 26.2 Å². The molecule has 0 radical (unpaired) electrons. The van der Waals surface area contributed by atoms with Crippen LogP contribution in [0.3, 0.4) is 0 Å². The SMILES string of the molecule is CC(C)(C)OC(=O)N1CC2(C1)C(=O)Nc1cnc3cc(F)c(Br)cc3c12. The molecule has 8 heteroatoms. The highest BCUT2D eigenvalue weighted by molar-refractivity contribution is 9.10. The average molecular weight is 422 g/mol. The molecule has 1 spiro atoms. The maximum atomic E-state index is 13.9. The molecule has 2 aromatic rings. The van der Waals surface area contributed by atoms with Gasteiger partial charge in [-0.05, 0) is 42.8 Å². The number of pyridine rings is 1. The number of carbonyl (C=O) groups is 2. The maximum Gasteiger partial charge on any atom is 0.410 e. The minimum atomic E-state index is -0.856. The Morgan fingerprint density at radius 2 is 2.08 bits per heavy atom. The van der Waals surface area contributed by atoms with Gasteiger partial charge in [-0.15, -0.1) is 0 Å². The van der Waals surface area contributed by atoms with Crippen molar-refractivity contribution in [1.29, 1.82) is 0 Å². The summed E-state index contributed by atoms with van der Waals surface area (Å²) in [5.74, 6) is -0.595. The van der Waals surface area contributed by atoms with Gasteiger partial charge >= 0.3 is 6.09 Å². The zero-order valence-corrected chi connectivity index (χ0v) is 16.1. The topological polar surface area (TPSA) is 71.5 Å². The Balaban J connectivity index is 1.74. The van der Waals surface area contributed by atoms with Gasteiger partial charge < -0.3 is 15.0 Å². The molecular formula is C18H17BrFN3O3. The van der Waals surface area contributed by atoms with Crippen molar-refractivity contribution < 1.29 is 18.7 Å². The van der Waals surface area contributed by atoms with Crippen LogP contribution in [-0.2, 0) is 14.9 Å². The van der Waals surface area contributed by atoms with Gasteiger partial charge in [-0.3, -0.25) is 9.78 Å². The highest BCUT2D eigenvalue weighted by Gasteiger charge is 2.58. The van der Waals surface area contributed by atoms with E-state index in [-0.39, 0.29) is 19.0 Å². The molecule has 2 aliphatic heterocycles. The van der Waals surface area contributed by atoms with Gasteiger partial charge in [0.1, 0.15) is 16.8 Å². The van der Waals surface area contributed by atoms with E-state index in [1.165, 1.54) is 17.2 Å². The first kappa shape index (κ1) is 17.2. The molecule has 6 nitrogen and oxygen atoms in total. The van der Waals surface area contributed by atoms with Crippen LogP contribution in [0.25, 0.3) is 10.9 Å². The van der Waals surface area contributed by atoms with Crippen LogP contribution in [0.15, 0.2) is 22.8 Å². The Hall–Kier alpha value is -2.22. The lowest BCUT2D eigenvalue weighted by molar-refractivity contribution is -0.126. The van der Waals surface area contributed by atoms with E-state index < -0.39 is 22.9 Å². The summed E-state index contributed by atoms with van der Waals surface area (Å²) >= 11 is 3.19. The van der Waals surface area contributed by atoms with Crippen molar-refractivity contribution in [2.24, 2.45) is 0 Å². The number of fused-ring (bicyclic) bond motifs is 4. The third-order valence-corrected chi connectivity index (χ3v) is 5.25. The lowest BCUT2D eigenvalue weighted by atomic mass is 9.73. The maximum absolute atomic E-state index is 13.9. The quantitative estimate of drug-likeness (QED) is 0.705. The van der Waals surface area contributed by atoms with Crippen LogP contribution in [0.1, 0.15) is 26.3 Å². The zero-order chi connectivity index (χ0) is 18.9. The third kappa shape index (κ3) is 2.46. The van der Waals surface area contributed by atoms with Crippen LogP contribution in [-0.4, -0.2) is 40.6 Å². The van der Waals surface area contributed by atoms with E-state index in [9.17, 15) is 14.0 Å². The molecule has 0 unspecified atom stereocenters. The monoisotopic (exact) mass is 421 g/mol. The van der Waals surface area contributed by atoms with E-state index in [0.717, 1.165) is 5.56 Å². The summed E-state index contributed by atoms with van der Waals surface area (Å²) in [6.07, 6.45) is 1.09. The number of benzene rings is 1. The minimum absolute atomic E-state index is 0.179. The number of nitrogens with one attached hydrogen (secondary N) is 1. The molecule has 0 atom stereocenters. The molecule has 1 saturated heterocycles. The van der Waals surface area contributed by atoms with Crippen molar-refractivity contribution in [3.8, 4) is 0 Å². The number of ether oxygens (including phenoxy) is 1. The Kier molecular flexibility index (Phi) is 3.57. The number of rotatable bonds is 0. The second-order valence-electron chi connectivity index (χ2n) is 7.70. The van der Waals surface area contributed by atoms with Crippen molar-refractivity contribution in [3.63, 3.8) is 0 Å². The lowest BCUT2D eigenvalue weighted by Gasteiger charge is -2.46. The second kappa shape index (κ2) is 5.39. The van der Waals surface area contributed by atoms with Crippen molar-refractivity contribution in [2.45, 2.75) is 31.8 Å². The predicted molar refractivity (Wildman–Crippen MR) is 97.5 cm³/mol. The molecule has 26 heavy (non-hydrogen) atoms. The molecule has 4 rings (SSSR count). The molecule has 2 amide bonds. The predicted octanol–water partition coefficient (Wildman–Crippen LogP) is 3.58. The number of aromatic nitrogens is 1. The first-order valence-corrected chi connectivity index (χ1v) is 8.98. The number of hydrogen-bond acceptors (Lipinski definition) is 4. The fourth-order valence-corrected chi connectivity index (χ4v) is 3.86. The van der Waals surface area contributed by atoms with Gasteiger partial charge in [-0.25, -0.2) is 9.18 Å². The molecule has 1 N–H and O–H groups in total. The Bertz CT molecular complexity index is 964. The van der Waals surface area contributed by atoms with Gasteiger partial charge in [0.05, 0.1) is 21.9 Å². The number of amides is 2. The summed E-state index contributed by atoms with van der Waals surface area (Å²) in [5, 5.41) is 3.53. The van der Waals surface area contributed by atoms with Crippen LogP contribution < -0.4 is 5.32 Å². The zero-order valence-electron chi connectivity index (χ0n) is 14.5. The van der Waals surface area contributed by atoms with E-state index in [1.54, 1.807) is 26.8 Å². The molecule has 1 aromatic carbocycles. The molecule has 3 heterocycles. The number of carbonyl (C=O) groups excluding carboxylic acids is 2. The standard InChI is InChI=1S/C18H17BrFN3O3/c1-17(2,3)26-16(25)23-7-18(8-23)14-9-4-10(19)11(20)5-12(9)21-6-13(14)22-15(18)24/h4-6H,7-8H2,1-3H3,(H,22,24). The van der Waals surface area contributed by atoms with Crippen LogP contribution in [0, 0.1) is 5.82 Å². The number of hydrogen-bond donors (Lipinski definition) is 1. The molecule has 0 bridgehead atoms. The largest absolute Gasteiger partial charge is 0.444 e. The smallest absolute Gasteiger partial charge is 0.410 e. The number of halogens is 2. The Morgan fingerprint density at radius 1 is 1.38 bits per heavy atom. The summed E-state index contributed by atoms with van der Waals surface area (Å²) < 4.78 is 19.5. The molecule has 1 fully saturated rings. The summed E-state index contributed by atoms with van der Waals surface area (Å²) in [5.41, 5.74) is 0.369. The normalized spacial score (nSPS) is 17.9. The first-order chi connectivity index (χ1) is 12.1. The highest BCUT2D eigenvalue weighted by Crippen LogP contribution is 2.47.